The molecule has 0 fully saturated rings. The number of rotatable bonds is 3. The summed E-state index contributed by atoms with van der Waals surface area (Å²) >= 11 is 0. The van der Waals surface area contributed by atoms with Crippen molar-refractivity contribution in [3.8, 4) is 0 Å². The Morgan fingerprint density at radius 2 is 2.70 bits per heavy atom. The Labute approximate surface area is 60.5 Å². The molecule has 0 spiro atoms. The largest absolute Gasteiger partial charge is 0.371 e. The Hall–Kier alpha value is -0.860. The van der Waals surface area contributed by atoms with E-state index in [2.05, 4.69) is 10.3 Å². The molecule has 55 valence electrons. The Morgan fingerprint density at radius 3 is 3.10 bits per heavy atom. The molecule has 0 aromatic rings. The van der Waals surface area contributed by atoms with Crippen molar-refractivity contribution in [3.63, 3.8) is 0 Å². The molecular weight excluding hydrogens is 128 g/mol. The highest BCUT2D eigenvalue weighted by molar-refractivity contribution is 5.96. The standard InChI is InChI=1S/C7H11N2O/c1-2-6(5-10)7-8-3-4-9-7/h6H,2-4H2,1H3,(H,8,9). The molecule has 0 saturated carbocycles. The van der Waals surface area contributed by atoms with Crippen LogP contribution < -0.4 is 5.32 Å². The van der Waals surface area contributed by atoms with Gasteiger partial charge in [-0.25, -0.2) is 0 Å². The van der Waals surface area contributed by atoms with Gasteiger partial charge in [-0.3, -0.25) is 9.79 Å². The van der Waals surface area contributed by atoms with Gasteiger partial charge < -0.3 is 5.32 Å². The number of aliphatic imine (C=N–C) groups is 1. The fourth-order valence-electron chi connectivity index (χ4n) is 0.982. The van der Waals surface area contributed by atoms with Crippen molar-refractivity contribution in [3.05, 3.63) is 0 Å². The summed E-state index contributed by atoms with van der Waals surface area (Å²) in [5.74, 6) is 0.694. The SMILES string of the molecule is CCC([C]=O)C1=NCCN1. The van der Waals surface area contributed by atoms with Gasteiger partial charge in [0.15, 0.2) is 0 Å². The van der Waals surface area contributed by atoms with Crippen molar-refractivity contribution in [2.24, 2.45) is 10.9 Å². The van der Waals surface area contributed by atoms with E-state index in [4.69, 9.17) is 0 Å². The molecule has 0 saturated heterocycles. The lowest BCUT2D eigenvalue weighted by Gasteiger charge is -2.05. The van der Waals surface area contributed by atoms with Gasteiger partial charge in [-0.15, -0.1) is 0 Å². The highest BCUT2D eigenvalue weighted by atomic mass is 16.1. The molecule has 1 N–H and O–H groups in total. The maximum absolute atomic E-state index is 10.3. The summed E-state index contributed by atoms with van der Waals surface area (Å²) in [6, 6.07) is 0. The third kappa shape index (κ3) is 1.35. The van der Waals surface area contributed by atoms with Gasteiger partial charge >= 0.3 is 0 Å². The second-order valence-corrected chi connectivity index (χ2v) is 2.27. The predicted octanol–water partition coefficient (Wildman–Crippen LogP) is 0.124. The first-order valence-corrected chi connectivity index (χ1v) is 3.54. The Balaban J connectivity index is 2.51. The highest BCUT2D eigenvalue weighted by Crippen LogP contribution is 2.02. The second kappa shape index (κ2) is 3.34. The molecule has 1 aliphatic heterocycles. The van der Waals surface area contributed by atoms with Crippen LogP contribution in [0.15, 0.2) is 4.99 Å². The number of carbonyl (C=O) groups excluding carboxylic acids is 1. The van der Waals surface area contributed by atoms with Gasteiger partial charge in [-0.2, -0.15) is 0 Å². The molecule has 0 aromatic heterocycles. The van der Waals surface area contributed by atoms with Crippen LogP contribution in [0, 0.1) is 5.92 Å². The molecule has 3 nitrogen and oxygen atoms in total. The van der Waals surface area contributed by atoms with Crippen molar-refractivity contribution in [2.45, 2.75) is 13.3 Å². The molecule has 1 aliphatic rings. The maximum atomic E-state index is 10.3. The van der Waals surface area contributed by atoms with E-state index in [0.717, 1.165) is 25.3 Å². The first kappa shape index (κ1) is 7.25. The summed E-state index contributed by atoms with van der Waals surface area (Å²) in [6.45, 7) is 3.62. The molecule has 1 rings (SSSR count). The monoisotopic (exact) mass is 139 g/mol. The zero-order valence-electron chi connectivity index (χ0n) is 6.05. The topological polar surface area (TPSA) is 41.5 Å². The first-order valence-electron chi connectivity index (χ1n) is 3.54. The summed E-state index contributed by atoms with van der Waals surface area (Å²) in [5.41, 5.74) is 0. The lowest BCUT2D eigenvalue weighted by Crippen LogP contribution is -2.27. The van der Waals surface area contributed by atoms with Crippen LogP contribution in [-0.4, -0.2) is 25.2 Å². The van der Waals surface area contributed by atoms with Crippen LogP contribution in [0.25, 0.3) is 0 Å². The molecule has 0 aromatic carbocycles. The van der Waals surface area contributed by atoms with Crippen LogP contribution in [0.4, 0.5) is 0 Å². The van der Waals surface area contributed by atoms with E-state index in [1.54, 1.807) is 0 Å². The average molecular weight is 139 g/mol. The molecule has 0 bridgehead atoms. The van der Waals surface area contributed by atoms with Gasteiger partial charge in [0.25, 0.3) is 0 Å². The van der Waals surface area contributed by atoms with Gasteiger partial charge in [0, 0.05) is 6.54 Å². The fourth-order valence-corrected chi connectivity index (χ4v) is 0.982. The summed E-state index contributed by atoms with van der Waals surface area (Å²) in [6.07, 6.45) is 2.74. The Kier molecular flexibility index (Phi) is 2.42. The van der Waals surface area contributed by atoms with Crippen molar-refractivity contribution < 1.29 is 4.79 Å². The summed E-state index contributed by atoms with van der Waals surface area (Å²) in [7, 11) is 0. The minimum absolute atomic E-state index is 0.123. The zero-order chi connectivity index (χ0) is 7.40. The van der Waals surface area contributed by atoms with Crippen LogP contribution in [0.5, 0.6) is 0 Å². The number of nitrogens with one attached hydrogen (secondary N) is 1. The van der Waals surface area contributed by atoms with E-state index in [0.29, 0.717) is 0 Å². The minimum atomic E-state index is -0.123. The van der Waals surface area contributed by atoms with Crippen LogP contribution in [0.2, 0.25) is 0 Å². The van der Waals surface area contributed by atoms with Gasteiger partial charge in [0.1, 0.15) is 5.84 Å². The summed E-state index contributed by atoms with van der Waals surface area (Å²) in [4.78, 5) is 14.4. The van der Waals surface area contributed by atoms with Crippen molar-refractivity contribution in [1.29, 1.82) is 0 Å². The van der Waals surface area contributed by atoms with E-state index in [9.17, 15) is 4.79 Å². The molecule has 3 heteroatoms. The number of amidine groups is 1. The first-order chi connectivity index (χ1) is 4.88. The molecule has 0 amide bonds. The smallest absolute Gasteiger partial charge is 0.209 e. The summed E-state index contributed by atoms with van der Waals surface area (Å²) < 4.78 is 0. The molecular formula is C7H11N2O. The van der Waals surface area contributed by atoms with Crippen LogP contribution in [0.1, 0.15) is 13.3 Å². The molecule has 1 heterocycles. The van der Waals surface area contributed by atoms with Gasteiger partial charge in [0.05, 0.1) is 12.5 Å². The summed E-state index contributed by atoms with van der Waals surface area (Å²) in [5, 5.41) is 3.05. The molecule has 1 unspecified atom stereocenters. The Bertz CT molecular complexity index is 154. The number of hydrogen-bond donors (Lipinski definition) is 1. The van der Waals surface area contributed by atoms with Crippen LogP contribution in [0.3, 0.4) is 0 Å². The average Bonchev–Trinajstić information content (AvgIpc) is 2.43. The normalized spacial score (nSPS) is 19.5. The van der Waals surface area contributed by atoms with Crippen molar-refractivity contribution >= 4 is 12.1 Å². The van der Waals surface area contributed by atoms with Crippen molar-refractivity contribution in [1.82, 2.24) is 5.32 Å². The van der Waals surface area contributed by atoms with E-state index >= 15 is 0 Å². The fraction of sp³-hybridized carbons (Fsp3) is 0.714. The van der Waals surface area contributed by atoms with Gasteiger partial charge in [-0.1, -0.05) is 6.92 Å². The zero-order valence-corrected chi connectivity index (χ0v) is 6.05. The maximum Gasteiger partial charge on any atom is 0.209 e. The lowest BCUT2D eigenvalue weighted by molar-refractivity contribution is 0.538. The molecule has 1 radical (unpaired) electrons. The number of nitrogens with zero attached hydrogens (tertiary/aromatic N) is 1. The quantitative estimate of drug-likeness (QED) is 0.603. The van der Waals surface area contributed by atoms with E-state index in [1.807, 2.05) is 13.2 Å². The Morgan fingerprint density at radius 1 is 1.90 bits per heavy atom. The van der Waals surface area contributed by atoms with Crippen molar-refractivity contribution in [2.75, 3.05) is 13.1 Å². The van der Waals surface area contributed by atoms with Gasteiger partial charge in [0.2, 0.25) is 6.29 Å². The minimum Gasteiger partial charge on any atom is -0.371 e. The van der Waals surface area contributed by atoms with Crippen LogP contribution >= 0.6 is 0 Å². The van der Waals surface area contributed by atoms with Gasteiger partial charge in [-0.05, 0) is 6.42 Å². The van der Waals surface area contributed by atoms with E-state index < -0.39 is 0 Å². The third-order valence-electron chi connectivity index (χ3n) is 1.58. The van der Waals surface area contributed by atoms with Crippen LogP contribution in [-0.2, 0) is 4.79 Å². The third-order valence-corrected chi connectivity index (χ3v) is 1.58. The predicted molar refractivity (Wildman–Crippen MR) is 39.8 cm³/mol. The molecule has 1 atom stereocenters. The van der Waals surface area contributed by atoms with E-state index in [1.165, 1.54) is 0 Å². The number of hydrogen-bond acceptors (Lipinski definition) is 3. The lowest BCUT2D eigenvalue weighted by atomic mass is 10.1. The molecule has 10 heavy (non-hydrogen) atoms. The highest BCUT2D eigenvalue weighted by Gasteiger charge is 2.15. The molecule has 0 aliphatic carbocycles. The second-order valence-electron chi connectivity index (χ2n) is 2.27. The van der Waals surface area contributed by atoms with E-state index in [-0.39, 0.29) is 5.92 Å².